The topological polar surface area (TPSA) is 56.8 Å². The van der Waals surface area contributed by atoms with Crippen LogP contribution in [0.25, 0.3) is 0 Å². The highest BCUT2D eigenvalue weighted by molar-refractivity contribution is 5.85. The van der Waals surface area contributed by atoms with Crippen molar-refractivity contribution in [3.8, 4) is 11.5 Å². The minimum atomic E-state index is 0. The van der Waals surface area contributed by atoms with Crippen molar-refractivity contribution in [2.45, 2.75) is 13.5 Å². The molecular formula is C10H13ClN2O2. The van der Waals surface area contributed by atoms with Crippen molar-refractivity contribution in [1.82, 2.24) is 0 Å². The maximum atomic E-state index is 5.45. The lowest BCUT2D eigenvalue weighted by molar-refractivity contribution is 0.174. The number of hydrogen-bond donors (Lipinski definition) is 1. The Labute approximate surface area is 94.5 Å². The molecule has 0 saturated heterocycles. The SMILES string of the molecule is CC(N)=NCc1ccc2c(c1)OCO2.Cl. The van der Waals surface area contributed by atoms with Crippen LogP contribution in [0.4, 0.5) is 0 Å². The average Bonchev–Trinajstić information content (AvgIpc) is 2.61. The second kappa shape index (κ2) is 4.89. The van der Waals surface area contributed by atoms with Crippen LogP contribution in [0, 0.1) is 0 Å². The third kappa shape index (κ3) is 2.76. The molecule has 0 spiro atoms. The minimum absolute atomic E-state index is 0. The van der Waals surface area contributed by atoms with Crippen molar-refractivity contribution in [3.05, 3.63) is 23.8 Å². The van der Waals surface area contributed by atoms with Gasteiger partial charge in [-0.25, -0.2) is 0 Å². The molecule has 0 saturated carbocycles. The number of hydrogen-bond acceptors (Lipinski definition) is 3. The predicted octanol–water partition coefficient (Wildman–Crippen LogP) is 1.71. The van der Waals surface area contributed by atoms with E-state index in [2.05, 4.69) is 4.99 Å². The normalized spacial score (nSPS) is 13.5. The van der Waals surface area contributed by atoms with E-state index < -0.39 is 0 Å². The van der Waals surface area contributed by atoms with Gasteiger partial charge in [-0.2, -0.15) is 0 Å². The molecule has 1 aromatic rings. The summed E-state index contributed by atoms with van der Waals surface area (Å²) >= 11 is 0. The largest absolute Gasteiger partial charge is 0.454 e. The molecule has 0 aromatic heterocycles. The van der Waals surface area contributed by atoms with E-state index in [1.165, 1.54) is 0 Å². The first kappa shape index (κ1) is 11.7. The van der Waals surface area contributed by atoms with Crippen molar-refractivity contribution in [1.29, 1.82) is 0 Å². The second-order valence-electron chi connectivity index (χ2n) is 3.15. The Morgan fingerprint density at radius 1 is 1.40 bits per heavy atom. The molecule has 0 fully saturated rings. The Balaban J connectivity index is 0.00000112. The molecule has 82 valence electrons. The molecule has 0 aliphatic carbocycles. The Morgan fingerprint density at radius 2 is 2.13 bits per heavy atom. The highest BCUT2D eigenvalue weighted by Crippen LogP contribution is 2.32. The maximum Gasteiger partial charge on any atom is 0.231 e. The van der Waals surface area contributed by atoms with Crippen molar-refractivity contribution in [2.24, 2.45) is 10.7 Å². The average molecular weight is 229 g/mol. The van der Waals surface area contributed by atoms with Crippen LogP contribution >= 0.6 is 12.4 Å². The third-order valence-corrected chi connectivity index (χ3v) is 1.95. The zero-order valence-corrected chi connectivity index (χ0v) is 9.21. The summed E-state index contributed by atoms with van der Waals surface area (Å²) in [5.41, 5.74) is 6.52. The van der Waals surface area contributed by atoms with Gasteiger partial charge >= 0.3 is 0 Å². The number of aliphatic imine (C=N–C) groups is 1. The first-order valence-electron chi connectivity index (χ1n) is 4.41. The van der Waals surface area contributed by atoms with Gasteiger partial charge in [0.1, 0.15) is 0 Å². The van der Waals surface area contributed by atoms with Crippen LogP contribution in [0.5, 0.6) is 11.5 Å². The summed E-state index contributed by atoms with van der Waals surface area (Å²) < 4.78 is 10.4. The Morgan fingerprint density at radius 3 is 2.87 bits per heavy atom. The molecule has 1 aromatic carbocycles. The van der Waals surface area contributed by atoms with Gasteiger partial charge in [0.2, 0.25) is 6.79 Å². The summed E-state index contributed by atoms with van der Waals surface area (Å²) in [7, 11) is 0. The summed E-state index contributed by atoms with van der Waals surface area (Å²) in [4.78, 5) is 4.12. The fraction of sp³-hybridized carbons (Fsp3) is 0.300. The van der Waals surface area contributed by atoms with Gasteiger partial charge in [-0.05, 0) is 24.6 Å². The highest BCUT2D eigenvalue weighted by atomic mass is 35.5. The minimum Gasteiger partial charge on any atom is -0.454 e. The Kier molecular flexibility index (Phi) is 3.80. The van der Waals surface area contributed by atoms with Crippen LogP contribution in [-0.4, -0.2) is 12.6 Å². The van der Waals surface area contributed by atoms with Gasteiger partial charge in [0.25, 0.3) is 0 Å². The molecule has 4 nitrogen and oxygen atoms in total. The van der Waals surface area contributed by atoms with Crippen molar-refractivity contribution < 1.29 is 9.47 Å². The van der Waals surface area contributed by atoms with Crippen LogP contribution in [0.2, 0.25) is 0 Å². The molecule has 1 aliphatic heterocycles. The van der Waals surface area contributed by atoms with E-state index in [1.54, 1.807) is 6.92 Å². The molecule has 0 radical (unpaired) electrons. The Bertz CT molecular complexity index is 376. The second-order valence-corrected chi connectivity index (χ2v) is 3.15. The summed E-state index contributed by atoms with van der Waals surface area (Å²) in [5.74, 6) is 2.16. The van der Waals surface area contributed by atoms with E-state index in [-0.39, 0.29) is 12.4 Å². The van der Waals surface area contributed by atoms with Crippen molar-refractivity contribution in [2.75, 3.05) is 6.79 Å². The molecule has 0 unspecified atom stereocenters. The van der Waals surface area contributed by atoms with Gasteiger partial charge in [-0.15, -0.1) is 12.4 Å². The lowest BCUT2D eigenvalue weighted by atomic mass is 10.2. The van der Waals surface area contributed by atoms with Gasteiger partial charge in [0, 0.05) is 0 Å². The smallest absolute Gasteiger partial charge is 0.231 e. The summed E-state index contributed by atoms with van der Waals surface area (Å²) in [6, 6.07) is 5.77. The van der Waals surface area contributed by atoms with E-state index >= 15 is 0 Å². The zero-order chi connectivity index (χ0) is 9.97. The number of rotatable bonds is 2. The van der Waals surface area contributed by atoms with Crippen molar-refractivity contribution in [3.63, 3.8) is 0 Å². The molecule has 2 rings (SSSR count). The molecule has 2 N–H and O–H groups in total. The Hall–Kier alpha value is -1.42. The molecule has 0 amide bonds. The lowest BCUT2D eigenvalue weighted by Gasteiger charge is -1.99. The summed E-state index contributed by atoms with van der Waals surface area (Å²) in [6.45, 7) is 2.66. The number of halogens is 1. The molecule has 0 bridgehead atoms. The standard InChI is InChI=1S/C10H12N2O2.ClH/c1-7(11)12-5-8-2-3-9-10(4-8)14-6-13-9;/h2-4H,5-6H2,1H3,(H2,11,12);1H. The quantitative estimate of drug-likeness (QED) is 0.619. The first-order chi connectivity index (χ1) is 6.75. The third-order valence-electron chi connectivity index (χ3n) is 1.95. The number of ether oxygens (including phenoxy) is 2. The van der Waals surface area contributed by atoms with Gasteiger partial charge in [0.15, 0.2) is 11.5 Å². The van der Waals surface area contributed by atoms with Gasteiger partial charge in [-0.3, -0.25) is 4.99 Å². The number of benzene rings is 1. The van der Waals surface area contributed by atoms with E-state index in [1.807, 2.05) is 18.2 Å². The molecule has 1 heterocycles. The number of nitrogens with zero attached hydrogens (tertiary/aromatic N) is 1. The maximum absolute atomic E-state index is 5.45. The van der Waals surface area contributed by atoms with Gasteiger partial charge in [0.05, 0.1) is 12.4 Å². The van der Waals surface area contributed by atoms with Crippen LogP contribution in [0.1, 0.15) is 12.5 Å². The van der Waals surface area contributed by atoms with Crippen LogP contribution in [-0.2, 0) is 6.54 Å². The molecule has 15 heavy (non-hydrogen) atoms. The van der Waals surface area contributed by atoms with E-state index in [0.29, 0.717) is 19.2 Å². The number of nitrogens with two attached hydrogens (primary N) is 1. The van der Waals surface area contributed by atoms with Crippen molar-refractivity contribution >= 4 is 18.2 Å². The lowest BCUT2D eigenvalue weighted by Crippen LogP contribution is -2.05. The monoisotopic (exact) mass is 228 g/mol. The number of fused-ring (bicyclic) bond motifs is 1. The summed E-state index contributed by atoms with van der Waals surface area (Å²) in [6.07, 6.45) is 0. The van der Waals surface area contributed by atoms with E-state index in [0.717, 1.165) is 17.1 Å². The molecule has 5 heteroatoms. The van der Waals surface area contributed by atoms with Crippen LogP contribution in [0.15, 0.2) is 23.2 Å². The predicted molar refractivity (Wildman–Crippen MR) is 60.8 cm³/mol. The zero-order valence-electron chi connectivity index (χ0n) is 8.40. The molecule has 1 aliphatic rings. The van der Waals surface area contributed by atoms with Gasteiger partial charge < -0.3 is 15.2 Å². The fourth-order valence-electron chi connectivity index (χ4n) is 1.26. The summed E-state index contributed by atoms with van der Waals surface area (Å²) in [5, 5.41) is 0. The highest BCUT2D eigenvalue weighted by Gasteiger charge is 2.12. The number of amidine groups is 1. The molecule has 0 atom stereocenters. The van der Waals surface area contributed by atoms with Crippen LogP contribution in [0.3, 0.4) is 0 Å². The van der Waals surface area contributed by atoms with E-state index in [9.17, 15) is 0 Å². The fourth-order valence-corrected chi connectivity index (χ4v) is 1.26. The van der Waals surface area contributed by atoms with E-state index in [4.69, 9.17) is 15.2 Å². The first-order valence-corrected chi connectivity index (χ1v) is 4.41. The van der Waals surface area contributed by atoms with Crippen LogP contribution < -0.4 is 15.2 Å². The van der Waals surface area contributed by atoms with Gasteiger partial charge in [-0.1, -0.05) is 6.07 Å². The molecular weight excluding hydrogens is 216 g/mol.